The van der Waals surface area contributed by atoms with Crippen molar-refractivity contribution in [1.82, 2.24) is 0 Å². The van der Waals surface area contributed by atoms with Gasteiger partial charge in [-0.2, -0.15) is 0 Å². The minimum Gasteiger partial charge on any atom is -0.456 e. The van der Waals surface area contributed by atoms with Crippen molar-refractivity contribution in [2.24, 2.45) is 0 Å². The predicted molar refractivity (Wildman–Crippen MR) is 229 cm³/mol. The second-order valence-electron chi connectivity index (χ2n) is 14.4. The molecule has 3 nitrogen and oxygen atoms in total. The summed E-state index contributed by atoms with van der Waals surface area (Å²) in [6.45, 7) is 0. The third-order valence-corrected chi connectivity index (χ3v) is 11.2. The lowest BCUT2D eigenvalue weighted by atomic mass is 9.91. The lowest BCUT2D eigenvalue weighted by Crippen LogP contribution is -2.18. The van der Waals surface area contributed by atoms with Gasteiger partial charge in [-0.3, -0.25) is 0 Å². The van der Waals surface area contributed by atoms with Crippen LogP contribution in [0.4, 0.5) is 11.4 Å². The number of anilines is 2. The van der Waals surface area contributed by atoms with Gasteiger partial charge in [0.1, 0.15) is 22.3 Å². The Labute approximate surface area is 318 Å². The van der Waals surface area contributed by atoms with Crippen molar-refractivity contribution in [2.45, 2.75) is 12.3 Å². The first-order chi connectivity index (χ1) is 27.2. The van der Waals surface area contributed by atoms with E-state index in [1.54, 1.807) is 0 Å². The van der Waals surface area contributed by atoms with Gasteiger partial charge >= 0.3 is 0 Å². The summed E-state index contributed by atoms with van der Waals surface area (Å²) in [6.07, 6.45) is 7.93. The van der Waals surface area contributed by atoms with Crippen molar-refractivity contribution in [2.75, 3.05) is 4.90 Å². The van der Waals surface area contributed by atoms with Gasteiger partial charge < -0.3 is 13.7 Å². The number of allylic oxidation sites excluding steroid dienone is 3. The van der Waals surface area contributed by atoms with Crippen LogP contribution in [0.1, 0.15) is 17.9 Å². The zero-order valence-corrected chi connectivity index (χ0v) is 30.0. The standard InChI is InChI=1S/C52H35NO2/c1-3-12-34(13-4-1)36-22-26-40(27-23-36)53(41-28-24-37(25-29-41)35-14-5-2-6-15-35)48-32-47-46-30-38-16-7-8-17-39(38)31-50(46)54-51(47)33-45(48)44-20-11-19-43-42-18-9-10-21-49(42)55-52(43)44/h1-24,26-33,37H,25H2. The summed E-state index contributed by atoms with van der Waals surface area (Å²) >= 11 is 0. The molecule has 2 aromatic heterocycles. The molecule has 0 radical (unpaired) electrons. The Kier molecular flexibility index (Phi) is 7.31. The van der Waals surface area contributed by atoms with Crippen LogP contribution in [-0.2, 0) is 0 Å². The summed E-state index contributed by atoms with van der Waals surface area (Å²) in [5, 5.41) is 6.72. The molecule has 0 amide bonds. The molecule has 2 heterocycles. The van der Waals surface area contributed by atoms with Gasteiger partial charge in [-0.15, -0.1) is 0 Å². The summed E-state index contributed by atoms with van der Waals surface area (Å²) in [6, 6.07) is 62.6. The summed E-state index contributed by atoms with van der Waals surface area (Å²) < 4.78 is 13.4. The second-order valence-corrected chi connectivity index (χ2v) is 14.4. The molecule has 0 spiro atoms. The quantitative estimate of drug-likeness (QED) is 0.172. The third kappa shape index (κ3) is 5.35. The molecule has 0 fully saturated rings. The molecule has 0 N–H and O–H groups in total. The number of furan rings is 2. The fourth-order valence-electron chi connectivity index (χ4n) is 8.44. The molecule has 260 valence electrons. The van der Waals surface area contributed by atoms with Crippen molar-refractivity contribution in [3.8, 4) is 22.3 Å². The van der Waals surface area contributed by atoms with Crippen LogP contribution in [0, 0.1) is 0 Å². The lowest BCUT2D eigenvalue weighted by Gasteiger charge is -2.31. The van der Waals surface area contributed by atoms with E-state index in [-0.39, 0.29) is 0 Å². The smallest absolute Gasteiger partial charge is 0.143 e. The fraction of sp³-hybridized carbons (Fsp3) is 0.0385. The number of hydrogen-bond donors (Lipinski definition) is 0. The largest absolute Gasteiger partial charge is 0.456 e. The maximum atomic E-state index is 6.73. The van der Waals surface area contributed by atoms with Crippen molar-refractivity contribution >= 4 is 66.0 Å². The van der Waals surface area contributed by atoms with Gasteiger partial charge in [0, 0.05) is 50.0 Å². The maximum Gasteiger partial charge on any atom is 0.143 e. The van der Waals surface area contributed by atoms with E-state index in [1.807, 2.05) is 6.07 Å². The first-order valence-electron chi connectivity index (χ1n) is 18.9. The topological polar surface area (TPSA) is 29.5 Å². The molecule has 0 aliphatic heterocycles. The molecule has 1 atom stereocenters. The Balaban J connectivity index is 1.17. The SMILES string of the molecule is C1=CC(c2ccccc2)CC=C1N(c1ccc(-c2ccccc2)cc1)c1cc2c(cc1-c1cccc3c1oc1ccccc13)oc1cc3ccccc3cc12. The molecule has 55 heavy (non-hydrogen) atoms. The summed E-state index contributed by atoms with van der Waals surface area (Å²) in [5.74, 6) is 0.310. The maximum absolute atomic E-state index is 6.73. The summed E-state index contributed by atoms with van der Waals surface area (Å²) in [4.78, 5) is 2.42. The van der Waals surface area contributed by atoms with Gasteiger partial charge in [0.25, 0.3) is 0 Å². The van der Waals surface area contributed by atoms with E-state index >= 15 is 0 Å². The van der Waals surface area contributed by atoms with Crippen molar-refractivity contribution < 1.29 is 8.83 Å². The lowest BCUT2D eigenvalue weighted by molar-refractivity contribution is 0.668. The number of benzene rings is 8. The Hall–Kier alpha value is -7.10. The minimum atomic E-state index is 0.310. The Morgan fingerprint density at radius 2 is 1.15 bits per heavy atom. The van der Waals surface area contributed by atoms with Gasteiger partial charge in [0.05, 0.1) is 5.69 Å². The van der Waals surface area contributed by atoms with E-state index in [0.29, 0.717) is 5.92 Å². The summed E-state index contributed by atoms with van der Waals surface area (Å²) in [5.41, 5.74) is 12.5. The van der Waals surface area contributed by atoms with Gasteiger partial charge in [-0.25, -0.2) is 0 Å². The summed E-state index contributed by atoms with van der Waals surface area (Å²) in [7, 11) is 0. The monoisotopic (exact) mass is 705 g/mol. The highest BCUT2D eigenvalue weighted by Gasteiger charge is 2.25. The minimum absolute atomic E-state index is 0.310. The molecule has 8 aromatic carbocycles. The molecular formula is C52H35NO2. The number of rotatable bonds is 6. The average Bonchev–Trinajstić information content (AvgIpc) is 3.81. The third-order valence-electron chi connectivity index (χ3n) is 11.2. The first kappa shape index (κ1) is 31.4. The van der Waals surface area contributed by atoms with Crippen LogP contribution in [0.25, 0.3) is 76.9 Å². The van der Waals surface area contributed by atoms with E-state index in [2.05, 4.69) is 193 Å². The van der Waals surface area contributed by atoms with E-state index in [1.165, 1.54) is 22.1 Å². The van der Waals surface area contributed by atoms with Gasteiger partial charge in [0.2, 0.25) is 0 Å². The van der Waals surface area contributed by atoms with Crippen LogP contribution >= 0.6 is 0 Å². The van der Waals surface area contributed by atoms with Crippen molar-refractivity contribution in [3.63, 3.8) is 0 Å². The highest BCUT2D eigenvalue weighted by atomic mass is 16.3. The zero-order chi connectivity index (χ0) is 36.3. The van der Waals surface area contributed by atoms with Crippen LogP contribution in [0.3, 0.4) is 0 Å². The molecule has 10 aromatic rings. The second kappa shape index (κ2) is 12.8. The number of hydrogen-bond acceptors (Lipinski definition) is 3. The Morgan fingerprint density at radius 1 is 0.473 bits per heavy atom. The molecule has 3 heteroatoms. The van der Waals surface area contributed by atoms with E-state index in [0.717, 1.165) is 83.9 Å². The van der Waals surface area contributed by atoms with Crippen LogP contribution < -0.4 is 4.90 Å². The molecule has 1 aliphatic carbocycles. The molecule has 11 rings (SSSR count). The number of fused-ring (bicyclic) bond motifs is 7. The average molecular weight is 706 g/mol. The number of para-hydroxylation sites is 2. The first-order valence-corrected chi connectivity index (χ1v) is 18.9. The normalized spacial score (nSPS) is 14.3. The molecule has 1 aliphatic rings. The fourth-order valence-corrected chi connectivity index (χ4v) is 8.44. The molecular weight excluding hydrogens is 671 g/mol. The van der Waals surface area contributed by atoms with Gasteiger partial charge in [-0.05, 0) is 82.4 Å². The molecule has 0 saturated heterocycles. The Morgan fingerprint density at radius 3 is 1.95 bits per heavy atom. The van der Waals surface area contributed by atoms with Crippen LogP contribution in [0.15, 0.2) is 209 Å². The highest BCUT2D eigenvalue weighted by molar-refractivity contribution is 6.15. The van der Waals surface area contributed by atoms with E-state index in [9.17, 15) is 0 Å². The van der Waals surface area contributed by atoms with E-state index in [4.69, 9.17) is 8.83 Å². The van der Waals surface area contributed by atoms with Crippen LogP contribution in [0.5, 0.6) is 0 Å². The molecule has 0 bridgehead atoms. The zero-order valence-electron chi connectivity index (χ0n) is 30.0. The number of nitrogens with zero attached hydrogens (tertiary/aromatic N) is 1. The van der Waals surface area contributed by atoms with Gasteiger partial charge in [0.15, 0.2) is 0 Å². The van der Waals surface area contributed by atoms with Crippen LogP contribution in [0.2, 0.25) is 0 Å². The van der Waals surface area contributed by atoms with Crippen LogP contribution in [-0.4, -0.2) is 0 Å². The van der Waals surface area contributed by atoms with Crippen molar-refractivity contribution in [1.29, 1.82) is 0 Å². The van der Waals surface area contributed by atoms with E-state index < -0.39 is 0 Å². The predicted octanol–water partition coefficient (Wildman–Crippen LogP) is 14.7. The Bertz CT molecular complexity index is 3110. The highest BCUT2D eigenvalue weighted by Crippen LogP contribution is 2.47. The van der Waals surface area contributed by atoms with Crippen molar-refractivity contribution in [3.05, 3.63) is 205 Å². The van der Waals surface area contributed by atoms with Gasteiger partial charge in [-0.1, -0.05) is 146 Å². The molecule has 1 unspecified atom stereocenters. The molecule has 0 saturated carbocycles.